The summed E-state index contributed by atoms with van der Waals surface area (Å²) < 4.78 is 10.6. The van der Waals surface area contributed by atoms with Crippen LogP contribution in [0, 0.1) is 21.4 Å². The van der Waals surface area contributed by atoms with Gasteiger partial charge in [-0.25, -0.2) is 4.79 Å². The van der Waals surface area contributed by atoms with E-state index >= 15 is 0 Å². The number of hydrogen-bond acceptors (Lipinski definition) is 9. The van der Waals surface area contributed by atoms with Crippen LogP contribution < -0.4 is 5.32 Å². The van der Waals surface area contributed by atoms with Gasteiger partial charge in [0.1, 0.15) is 23.8 Å². The highest BCUT2D eigenvalue weighted by Crippen LogP contribution is 2.41. The molecule has 2 heterocycles. The number of nitro benzene ring substituents is 1. The van der Waals surface area contributed by atoms with Crippen molar-refractivity contribution in [3.8, 4) is 6.07 Å². The van der Waals surface area contributed by atoms with E-state index < -0.39 is 16.9 Å². The van der Waals surface area contributed by atoms with E-state index in [-0.39, 0.29) is 35.7 Å². The first-order valence-electron chi connectivity index (χ1n) is 9.16. The molecule has 10 nitrogen and oxygen atoms in total. The van der Waals surface area contributed by atoms with Crippen molar-refractivity contribution in [2.24, 2.45) is 0 Å². The monoisotopic (exact) mass is 462 g/mol. The number of nitriles is 1. The lowest BCUT2D eigenvalue weighted by Crippen LogP contribution is -2.70. The average molecular weight is 463 g/mol. The van der Waals surface area contributed by atoms with Crippen molar-refractivity contribution < 1.29 is 24.0 Å². The van der Waals surface area contributed by atoms with Crippen LogP contribution in [-0.4, -0.2) is 51.0 Å². The Morgan fingerprint density at radius 3 is 2.77 bits per heavy atom. The van der Waals surface area contributed by atoms with E-state index in [2.05, 4.69) is 5.32 Å². The molecule has 0 spiro atoms. The number of benzene rings is 1. The van der Waals surface area contributed by atoms with Crippen molar-refractivity contribution >= 4 is 46.5 Å². The minimum absolute atomic E-state index is 0.0409. The smallest absolute Gasteiger partial charge is 0.358 e. The molecule has 2 aliphatic heterocycles. The Labute approximate surface area is 187 Å². The van der Waals surface area contributed by atoms with Crippen LogP contribution in [0.2, 0.25) is 0 Å². The molecule has 0 radical (unpaired) electrons. The summed E-state index contributed by atoms with van der Waals surface area (Å²) in [6, 6.07) is 7.04. The zero-order valence-corrected chi connectivity index (χ0v) is 18.0. The van der Waals surface area contributed by atoms with Crippen LogP contribution in [0.25, 0.3) is 0 Å². The maximum Gasteiger partial charge on any atom is 0.358 e. The van der Waals surface area contributed by atoms with Crippen molar-refractivity contribution in [1.82, 2.24) is 10.2 Å². The highest BCUT2D eigenvalue weighted by atomic mass is 32.2. The Hall–Kier alpha value is -3.17. The van der Waals surface area contributed by atoms with Gasteiger partial charge in [-0.05, 0) is 17.7 Å². The lowest BCUT2D eigenvalue weighted by atomic mass is 10.0. The summed E-state index contributed by atoms with van der Waals surface area (Å²) in [5.74, 6) is -0.364. The molecule has 31 heavy (non-hydrogen) atoms. The summed E-state index contributed by atoms with van der Waals surface area (Å²) in [6.45, 7) is -0.114. The number of rotatable bonds is 8. The van der Waals surface area contributed by atoms with Gasteiger partial charge in [0.2, 0.25) is 0 Å². The van der Waals surface area contributed by atoms with Crippen molar-refractivity contribution in [3.63, 3.8) is 0 Å². The van der Waals surface area contributed by atoms with E-state index in [4.69, 9.17) is 27.0 Å². The first-order chi connectivity index (χ1) is 14.9. The van der Waals surface area contributed by atoms with Crippen LogP contribution in [0.1, 0.15) is 18.4 Å². The number of non-ortho nitro benzene ring substituents is 1. The Balaban J connectivity index is 1.67. The minimum atomic E-state index is -0.723. The van der Waals surface area contributed by atoms with Crippen molar-refractivity contribution in [1.29, 1.82) is 5.26 Å². The van der Waals surface area contributed by atoms with Gasteiger partial charge in [-0.1, -0.05) is 12.2 Å². The number of fused-ring (bicyclic) bond motifs is 1. The second-order valence-corrected chi connectivity index (χ2v) is 8.19. The number of amides is 1. The van der Waals surface area contributed by atoms with E-state index in [1.165, 1.54) is 48.0 Å². The molecule has 1 N–H and O–H groups in total. The molecule has 3 rings (SSSR count). The van der Waals surface area contributed by atoms with Gasteiger partial charge in [0.05, 0.1) is 28.8 Å². The van der Waals surface area contributed by atoms with Gasteiger partial charge in [-0.15, -0.1) is 11.8 Å². The fraction of sp³-hybridized carbons (Fsp3) is 0.368. The van der Waals surface area contributed by atoms with Gasteiger partial charge in [-0.2, -0.15) is 5.26 Å². The molecule has 1 unspecified atom stereocenters. The lowest BCUT2D eigenvalue weighted by molar-refractivity contribution is -0.384. The van der Waals surface area contributed by atoms with Gasteiger partial charge in [-0.3, -0.25) is 19.8 Å². The van der Waals surface area contributed by atoms with Gasteiger partial charge < -0.3 is 14.8 Å². The maximum absolute atomic E-state index is 12.8. The molecule has 162 valence electrons. The quantitative estimate of drug-likeness (QED) is 0.201. The average Bonchev–Trinajstić information content (AvgIpc) is 2.78. The Morgan fingerprint density at radius 2 is 2.16 bits per heavy atom. The molecular weight excluding hydrogens is 444 g/mol. The number of nitro groups is 1. The molecule has 0 aromatic heterocycles. The number of thioether (sulfide) groups is 1. The highest BCUT2D eigenvalue weighted by Gasteiger charge is 2.54. The first-order valence-corrected chi connectivity index (χ1v) is 10.6. The van der Waals surface area contributed by atoms with Gasteiger partial charge >= 0.3 is 5.97 Å². The molecule has 0 saturated carbocycles. The molecule has 1 fully saturated rings. The van der Waals surface area contributed by atoms with Crippen molar-refractivity contribution in [2.75, 3.05) is 12.9 Å². The molecule has 1 aromatic rings. The molecule has 12 heteroatoms. The normalized spacial score (nSPS) is 19.6. The number of hydrogen-bond donors (Lipinski definition) is 1. The molecule has 0 aliphatic carbocycles. The minimum Gasteiger partial charge on any atom is -0.498 e. The van der Waals surface area contributed by atoms with E-state index in [1.54, 1.807) is 0 Å². The van der Waals surface area contributed by atoms with Gasteiger partial charge in [0.15, 0.2) is 5.70 Å². The third kappa shape index (κ3) is 4.78. The number of methoxy groups -OCH3 is 1. The van der Waals surface area contributed by atoms with Crippen LogP contribution in [0.3, 0.4) is 0 Å². The number of thiocarbonyl (C=S) groups is 1. The zero-order valence-electron chi connectivity index (χ0n) is 16.4. The third-order valence-electron chi connectivity index (χ3n) is 4.67. The van der Waals surface area contributed by atoms with Crippen LogP contribution >= 0.6 is 24.0 Å². The summed E-state index contributed by atoms with van der Waals surface area (Å²) in [6.07, 6.45) is 0.610. The topological polar surface area (TPSA) is 135 Å². The van der Waals surface area contributed by atoms with Gasteiger partial charge in [0, 0.05) is 25.0 Å². The molecular formula is C19H18N4O6S2. The summed E-state index contributed by atoms with van der Waals surface area (Å²) >= 11 is 6.60. The molecule has 2 atom stereocenters. The van der Waals surface area contributed by atoms with E-state index in [9.17, 15) is 19.7 Å². The number of nitrogens with zero attached hydrogens (tertiary/aromatic N) is 3. The van der Waals surface area contributed by atoms with Crippen molar-refractivity contribution in [3.05, 3.63) is 51.4 Å². The summed E-state index contributed by atoms with van der Waals surface area (Å²) in [4.78, 5) is 37.5. The highest BCUT2D eigenvalue weighted by molar-refractivity contribution is 8.00. The maximum atomic E-state index is 12.8. The third-order valence-corrected chi connectivity index (χ3v) is 6.25. The number of ether oxygens (including phenoxy) is 2. The fourth-order valence-electron chi connectivity index (χ4n) is 3.08. The number of carbonyl (C=O) groups is 2. The van der Waals surface area contributed by atoms with Gasteiger partial charge in [0.25, 0.3) is 11.6 Å². The van der Waals surface area contributed by atoms with E-state index in [0.717, 1.165) is 0 Å². The van der Waals surface area contributed by atoms with Crippen molar-refractivity contribution in [2.45, 2.75) is 30.9 Å². The predicted octanol–water partition coefficient (Wildman–Crippen LogP) is 2.00. The lowest BCUT2D eigenvalue weighted by Gasteiger charge is -2.49. The predicted molar refractivity (Wildman–Crippen MR) is 114 cm³/mol. The molecule has 1 aromatic carbocycles. The number of esters is 1. The number of β-lactam (4-membered cyclic amide) rings is 1. The zero-order chi connectivity index (χ0) is 22.5. The van der Waals surface area contributed by atoms with E-state index in [1.807, 2.05) is 6.07 Å². The largest absolute Gasteiger partial charge is 0.498 e. The molecule has 0 bridgehead atoms. The first kappa shape index (κ1) is 22.5. The summed E-state index contributed by atoms with van der Waals surface area (Å²) in [7, 11) is 1.41. The van der Waals surface area contributed by atoms with E-state index in [0.29, 0.717) is 28.5 Å². The van der Waals surface area contributed by atoms with Crippen LogP contribution in [0.4, 0.5) is 5.69 Å². The molecule has 2 aliphatic rings. The number of nitrogens with one attached hydrogen (secondary N) is 1. The van der Waals surface area contributed by atoms with Crippen LogP contribution in [0.5, 0.6) is 0 Å². The Morgan fingerprint density at radius 1 is 1.45 bits per heavy atom. The summed E-state index contributed by atoms with van der Waals surface area (Å²) in [5, 5.41) is 22.0. The standard InChI is InChI=1S/C19H18N4O6S2/c1-28-13-10-31-18-15(21-14(30)3-2-8-20)17(24)22(18)16(13)19(25)29-9-11-4-6-12(7-5-11)23(26)27/h4-7,15,18H,2-3,9-10H2,1H3,(H,21,30)/t15?,18-/m1/s1. The Kier molecular flexibility index (Phi) is 7.09. The van der Waals surface area contributed by atoms with Crippen LogP contribution in [-0.2, 0) is 25.7 Å². The number of carbonyl (C=O) groups excluding carboxylic acids is 2. The Bertz CT molecular complexity index is 988. The second kappa shape index (κ2) is 9.76. The van der Waals surface area contributed by atoms with Crippen LogP contribution in [0.15, 0.2) is 35.7 Å². The second-order valence-electron chi connectivity index (χ2n) is 6.59. The molecule has 1 saturated heterocycles. The SMILES string of the molecule is COC1=C(C(=O)OCc2ccc([N+](=O)[O-])cc2)N2C(=O)C(NC(=S)CCC#N)[C@H]2SC1. The fourth-order valence-corrected chi connectivity index (χ4v) is 4.62. The molecule has 1 amide bonds. The summed E-state index contributed by atoms with van der Waals surface area (Å²) in [5.41, 5.74) is 0.542.